The van der Waals surface area contributed by atoms with E-state index in [1.807, 2.05) is 12.1 Å². The fourth-order valence-corrected chi connectivity index (χ4v) is 3.09. The minimum atomic E-state index is -0.128. The van der Waals surface area contributed by atoms with Gasteiger partial charge in [-0.25, -0.2) is 0 Å². The van der Waals surface area contributed by atoms with Gasteiger partial charge in [0.25, 0.3) is 0 Å². The van der Waals surface area contributed by atoms with Crippen molar-refractivity contribution in [2.45, 2.75) is 18.5 Å². The first-order valence-corrected chi connectivity index (χ1v) is 7.34. The first kappa shape index (κ1) is 15.1. The van der Waals surface area contributed by atoms with Gasteiger partial charge < -0.3 is 15.5 Å². The largest absolute Gasteiger partial charge is 0.323 e. The second-order valence-electron chi connectivity index (χ2n) is 5.36. The Labute approximate surface area is 125 Å². The number of nitrogens with zero attached hydrogens (tertiary/aromatic N) is 2. The maximum absolute atomic E-state index is 6.45. The molecule has 1 saturated heterocycles. The summed E-state index contributed by atoms with van der Waals surface area (Å²) in [5.74, 6) is 0. The second-order valence-corrected chi connectivity index (χ2v) is 6.20. The standard InChI is InChI=1S/C14H21Cl2N3/c1-18-6-3-7-19(2)13(9-18)14(17)11-8-10(15)4-5-12(11)16/h4-5,8,13-14H,3,6-7,9,17H2,1-2H3. The fourth-order valence-electron chi connectivity index (χ4n) is 2.67. The zero-order valence-electron chi connectivity index (χ0n) is 11.4. The molecule has 0 aromatic heterocycles. The Morgan fingerprint density at radius 1 is 1.26 bits per heavy atom. The number of hydrogen-bond acceptors (Lipinski definition) is 3. The van der Waals surface area contributed by atoms with Crippen molar-refractivity contribution in [1.82, 2.24) is 9.80 Å². The van der Waals surface area contributed by atoms with Crippen molar-refractivity contribution >= 4 is 23.2 Å². The highest BCUT2D eigenvalue weighted by atomic mass is 35.5. The predicted octanol–water partition coefficient (Wildman–Crippen LogP) is 2.63. The molecule has 2 unspecified atom stereocenters. The van der Waals surface area contributed by atoms with Crippen molar-refractivity contribution in [3.05, 3.63) is 33.8 Å². The van der Waals surface area contributed by atoms with Crippen LogP contribution in [0.5, 0.6) is 0 Å². The summed E-state index contributed by atoms with van der Waals surface area (Å²) >= 11 is 12.3. The molecule has 0 spiro atoms. The van der Waals surface area contributed by atoms with Crippen LogP contribution in [0.1, 0.15) is 18.0 Å². The van der Waals surface area contributed by atoms with Crippen LogP contribution in [0.25, 0.3) is 0 Å². The van der Waals surface area contributed by atoms with Crippen molar-refractivity contribution in [3.63, 3.8) is 0 Å². The van der Waals surface area contributed by atoms with Gasteiger partial charge in [0.05, 0.1) is 0 Å². The molecule has 0 aliphatic carbocycles. The summed E-state index contributed by atoms with van der Waals surface area (Å²) in [4.78, 5) is 4.65. The van der Waals surface area contributed by atoms with Crippen molar-refractivity contribution < 1.29 is 0 Å². The first-order valence-electron chi connectivity index (χ1n) is 6.58. The topological polar surface area (TPSA) is 32.5 Å². The van der Waals surface area contributed by atoms with Crippen molar-refractivity contribution in [3.8, 4) is 0 Å². The summed E-state index contributed by atoms with van der Waals surface area (Å²) in [7, 11) is 4.26. The molecule has 0 amide bonds. The van der Waals surface area contributed by atoms with Gasteiger partial charge in [0.15, 0.2) is 0 Å². The molecule has 1 aromatic rings. The molecule has 0 bridgehead atoms. The molecule has 19 heavy (non-hydrogen) atoms. The Kier molecular flexibility index (Phi) is 5.09. The Bertz CT molecular complexity index is 439. The quantitative estimate of drug-likeness (QED) is 0.911. The monoisotopic (exact) mass is 301 g/mol. The van der Waals surface area contributed by atoms with Gasteiger partial charge in [0.1, 0.15) is 0 Å². The number of rotatable bonds is 2. The normalized spacial score (nSPS) is 24.2. The van der Waals surface area contributed by atoms with E-state index < -0.39 is 0 Å². The Balaban J connectivity index is 2.25. The molecule has 1 fully saturated rings. The molecule has 2 atom stereocenters. The minimum Gasteiger partial charge on any atom is -0.323 e. The number of nitrogens with two attached hydrogens (primary N) is 1. The van der Waals surface area contributed by atoms with Crippen LogP contribution >= 0.6 is 23.2 Å². The summed E-state index contributed by atoms with van der Waals surface area (Å²) in [6.45, 7) is 3.11. The van der Waals surface area contributed by atoms with E-state index in [1.165, 1.54) is 6.42 Å². The number of hydrogen-bond donors (Lipinski definition) is 1. The first-order chi connectivity index (χ1) is 8.99. The molecular weight excluding hydrogens is 281 g/mol. The molecule has 2 rings (SSSR count). The molecule has 3 nitrogen and oxygen atoms in total. The lowest BCUT2D eigenvalue weighted by atomic mass is 9.99. The third kappa shape index (κ3) is 3.61. The average Bonchev–Trinajstić information content (AvgIpc) is 2.53. The van der Waals surface area contributed by atoms with Gasteiger partial charge in [-0.15, -0.1) is 0 Å². The number of benzene rings is 1. The lowest BCUT2D eigenvalue weighted by Crippen LogP contribution is -2.45. The van der Waals surface area contributed by atoms with Crippen LogP contribution in [0, 0.1) is 0 Å². The molecule has 106 valence electrons. The summed E-state index contributed by atoms with van der Waals surface area (Å²) < 4.78 is 0. The van der Waals surface area contributed by atoms with Crippen LogP contribution in [0.2, 0.25) is 10.0 Å². The summed E-state index contributed by atoms with van der Waals surface area (Å²) in [6, 6.07) is 5.62. The molecule has 1 aliphatic heterocycles. The lowest BCUT2D eigenvalue weighted by Gasteiger charge is -2.33. The predicted molar refractivity (Wildman–Crippen MR) is 81.9 cm³/mol. The van der Waals surface area contributed by atoms with Gasteiger partial charge in [-0.2, -0.15) is 0 Å². The highest BCUT2D eigenvalue weighted by molar-refractivity contribution is 6.33. The molecule has 1 heterocycles. The van der Waals surface area contributed by atoms with E-state index in [9.17, 15) is 0 Å². The average molecular weight is 302 g/mol. The van der Waals surface area contributed by atoms with E-state index in [-0.39, 0.29) is 12.1 Å². The maximum Gasteiger partial charge on any atom is 0.0480 e. The highest BCUT2D eigenvalue weighted by Crippen LogP contribution is 2.29. The van der Waals surface area contributed by atoms with Gasteiger partial charge in [0, 0.05) is 28.7 Å². The van der Waals surface area contributed by atoms with Gasteiger partial charge in [-0.3, -0.25) is 0 Å². The molecule has 5 heteroatoms. The van der Waals surface area contributed by atoms with Gasteiger partial charge in [-0.1, -0.05) is 23.2 Å². The van der Waals surface area contributed by atoms with Crippen LogP contribution in [-0.2, 0) is 0 Å². The fraction of sp³-hybridized carbons (Fsp3) is 0.571. The minimum absolute atomic E-state index is 0.128. The van der Waals surface area contributed by atoms with E-state index in [2.05, 4.69) is 23.9 Å². The van der Waals surface area contributed by atoms with Crippen LogP contribution in [0.4, 0.5) is 0 Å². The van der Waals surface area contributed by atoms with E-state index in [4.69, 9.17) is 28.9 Å². The Morgan fingerprint density at radius 3 is 2.74 bits per heavy atom. The van der Waals surface area contributed by atoms with E-state index in [0.717, 1.165) is 25.2 Å². The third-order valence-electron chi connectivity index (χ3n) is 3.85. The molecule has 0 saturated carbocycles. The van der Waals surface area contributed by atoms with Gasteiger partial charge in [-0.05, 0) is 57.4 Å². The van der Waals surface area contributed by atoms with E-state index in [1.54, 1.807) is 6.07 Å². The lowest BCUT2D eigenvalue weighted by molar-refractivity contribution is 0.196. The Morgan fingerprint density at radius 2 is 2.00 bits per heavy atom. The van der Waals surface area contributed by atoms with Crippen LogP contribution in [0.15, 0.2) is 18.2 Å². The van der Waals surface area contributed by atoms with E-state index >= 15 is 0 Å². The Hall–Kier alpha value is -0.320. The van der Waals surface area contributed by atoms with Gasteiger partial charge in [0.2, 0.25) is 0 Å². The van der Waals surface area contributed by atoms with Crippen LogP contribution < -0.4 is 5.73 Å². The molecule has 1 aliphatic rings. The van der Waals surface area contributed by atoms with E-state index in [0.29, 0.717) is 10.0 Å². The zero-order chi connectivity index (χ0) is 14.0. The highest BCUT2D eigenvalue weighted by Gasteiger charge is 2.28. The summed E-state index contributed by atoms with van der Waals surface area (Å²) in [5.41, 5.74) is 7.38. The molecule has 2 N–H and O–H groups in total. The zero-order valence-corrected chi connectivity index (χ0v) is 13.0. The molecular formula is C14H21Cl2N3. The summed E-state index contributed by atoms with van der Waals surface area (Å²) in [5, 5.41) is 1.37. The van der Waals surface area contributed by atoms with Crippen molar-refractivity contribution in [1.29, 1.82) is 0 Å². The van der Waals surface area contributed by atoms with Crippen LogP contribution in [0.3, 0.4) is 0 Å². The smallest absolute Gasteiger partial charge is 0.0480 e. The number of likely N-dealkylation sites (N-methyl/N-ethyl adjacent to an activating group) is 2. The third-order valence-corrected chi connectivity index (χ3v) is 4.43. The van der Waals surface area contributed by atoms with Crippen LogP contribution in [-0.4, -0.2) is 49.6 Å². The number of halogens is 2. The maximum atomic E-state index is 6.45. The molecule has 0 radical (unpaired) electrons. The summed E-state index contributed by atoms with van der Waals surface area (Å²) in [6.07, 6.45) is 1.17. The second kappa shape index (κ2) is 6.42. The van der Waals surface area contributed by atoms with Crippen molar-refractivity contribution in [2.75, 3.05) is 33.7 Å². The van der Waals surface area contributed by atoms with Gasteiger partial charge >= 0.3 is 0 Å². The van der Waals surface area contributed by atoms with Crippen molar-refractivity contribution in [2.24, 2.45) is 5.73 Å². The molecule has 1 aromatic carbocycles. The SMILES string of the molecule is CN1CCCN(C)C(C(N)c2cc(Cl)ccc2Cl)C1.